The topological polar surface area (TPSA) is 27.7 Å². The molecule has 2 atom stereocenters. The van der Waals surface area contributed by atoms with Gasteiger partial charge in [0.15, 0.2) is 18.9 Å². The molecule has 1 rings (SSSR count). The Hall–Kier alpha value is -0.120. The van der Waals surface area contributed by atoms with Crippen molar-refractivity contribution in [1.82, 2.24) is 0 Å². The fourth-order valence-corrected chi connectivity index (χ4v) is 0.986. The average molecular weight is 146 g/mol. The maximum atomic E-state index is 5.26. The summed E-state index contributed by atoms with van der Waals surface area (Å²) in [5, 5.41) is 0. The van der Waals surface area contributed by atoms with Crippen molar-refractivity contribution in [2.24, 2.45) is 0 Å². The van der Waals surface area contributed by atoms with E-state index in [9.17, 15) is 0 Å². The van der Waals surface area contributed by atoms with E-state index >= 15 is 0 Å². The highest BCUT2D eigenvalue weighted by Gasteiger charge is 2.23. The highest BCUT2D eigenvalue weighted by molar-refractivity contribution is 4.49. The molecule has 0 N–H and O–H groups in total. The zero-order valence-corrected chi connectivity index (χ0v) is 6.66. The Morgan fingerprint density at radius 1 is 1.00 bits per heavy atom. The molecular formula is C7H14O3. The molecule has 1 fully saturated rings. The van der Waals surface area contributed by atoms with Gasteiger partial charge in [-0.2, -0.15) is 0 Å². The molecular weight excluding hydrogens is 132 g/mol. The van der Waals surface area contributed by atoms with Crippen LogP contribution in [0.4, 0.5) is 0 Å². The van der Waals surface area contributed by atoms with Crippen LogP contribution in [0.3, 0.4) is 0 Å². The second-order valence-electron chi connectivity index (χ2n) is 2.38. The number of ether oxygens (including phenoxy) is 3. The molecule has 0 aromatic carbocycles. The first-order chi connectivity index (χ1) is 4.72. The van der Waals surface area contributed by atoms with Gasteiger partial charge >= 0.3 is 0 Å². The minimum atomic E-state index is -0.131. The van der Waals surface area contributed by atoms with Crippen LogP contribution < -0.4 is 0 Å². The van der Waals surface area contributed by atoms with Crippen LogP contribution in [0.5, 0.6) is 0 Å². The lowest BCUT2D eigenvalue weighted by Crippen LogP contribution is -2.37. The van der Waals surface area contributed by atoms with Gasteiger partial charge < -0.3 is 14.2 Å². The first-order valence-electron chi connectivity index (χ1n) is 3.68. The van der Waals surface area contributed by atoms with E-state index in [4.69, 9.17) is 14.2 Å². The maximum Gasteiger partial charge on any atom is 0.163 e. The zero-order valence-electron chi connectivity index (χ0n) is 6.66. The van der Waals surface area contributed by atoms with E-state index in [-0.39, 0.29) is 18.9 Å². The molecule has 0 aromatic heterocycles. The minimum absolute atomic E-state index is 0.0845. The smallest absolute Gasteiger partial charge is 0.163 e. The predicted octanol–water partition coefficient (Wildman–Crippen LogP) is 1.48. The lowest BCUT2D eigenvalue weighted by Gasteiger charge is -2.31. The fourth-order valence-electron chi connectivity index (χ4n) is 0.986. The summed E-state index contributed by atoms with van der Waals surface area (Å²) in [6.45, 7) is 5.78. The van der Waals surface area contributed by atoms with Crippen LogP contribution in [-0.4, -0.2) is 18.9 Å². The second-order valence-corrected chi connectivity index (χ2v) is 2.38. The molecule has 0 spiro atoms. The van der Waals surface area contributed by atoms with Crippen LogP contribution in [0, 0.1) is 0 Å². The van der Waals surface area contributed by atoms with Gasteiger partial charge in [-0.1, -0.05) is 6.92 Å². The van der Waals surface area contributed by atoms with Crippen LogP contribution in [0.15, 0.2) is 0 Å². The van der Waals surface area contributed by atoms with E-state index in [1.54, 1.807) is 0 Å². The summed E-state index contributed by atoms with van der Waals surface area (Å²) in [7, 11) is 0. The van der Waals surface area contributed by atoms with E-state index in [2.05, 4.69) is 0 Å². The third kappa shape index (κ3) is 1.94. The van der Waals surface area contributed by atoms with Crippen molar-refractivity contribution in [2.45, 2.75) is 46.1 Å². The summed E-state index contributed by atoms with van der Waals surface area (Å²) >= 11 is 0. The molecule has 0 radical (unpaired) electrons. The number of hydrogen-bond donors (Lipinski definition) is 0. The summed E-state index contributed by atoms with van der Waals surface area (Å²) in [4.78, 5) is 0. The van der Waals surface area contributed by atoms with Gasteiger partial charge in [0.1, 0.15) is 0 Å². The maximum absolute atomic E-state index is 5.26. The number of hydrogen-bond acceptors (Lipinski definition) is 3. The summed E-state index contributed by atoms with van der Waals surface area (Å²) in [6.07, 6.45) is 0.527. The van der Waals surface area contributed by atoms with Gasteiger partial charge in [-0.05, 0) is 20.3 Å². The van der Waals surface area contributed by atoms with Gasteiger partial charge in [-0.25, -0.2) is 0 Å². The van der Waals surface area contributed by atoms with Crippen molar-refractivity contribution >= 4 is 0 Å². The van der Waals surface area contributed by atoms with E-state index in [0.29, 0.717) is 0 Å². The standard InChI is InChI=1S/C7H14O3/c1-4-7-9-5(2)8-6(3)10-7/h5-7H,4H2,1-3H3/t5-,6-/m0/s1. The summed E-state index contributed by atoms with van der Waals surface area (Å²) in [6, 6.07) is 0. The molecule has 0 aliphatic carbocycles. The van der Waals surface area contributed by atoms with E-state index in [1.807, 2.05) is 20.8 Å². The Balaban J connectivity index is 2.35. The van der Waals surface area contributed by atoms with E-state index < -0.39 is 0 Å². The monoisotopic (exact) mass is 146 g/mol. The lowest BCUT2D eigenvalue weighted by atomic mass is 10.4. The van der Waals surface area contributed by atoms with Crippen molar-refractivity contribution in [2.75, 3.05) is 0 Å². The molecule has 3 heteroatoms. The normalized spacial score (nSPS) is 41.7. The van der Waals surface area contributed by atoms with Crippen molar-refractivity contribution in [1.29, 1.82) is 0 Å². The number of rotatable bonds is 1. The highest BCUT2D eigenvalue weighted by Crippen LogP contribution is 2.16. The average Bonchev–Trinajstić information content (AvgIpc) is 1.85. The van der Waals surface area contributed by atoms with Gasteiger partial charge in [0.2, 0.25) is 0 Å². The van der Waals surface area contributed by atoms with Gasteiger partial charge in [-0.3, -0.25) is 0 Å². The molecule has 0 saturated carbocycles. The Morgan fingerprint density at radius 3 is 1.90 bits per heavy atom. The van der Waals surface area contributed by atoms with Gasteiger partial charge in [-0.15, -0.1) is 0 Å². The summed E-state index contributed by atoms with van der Waals surface area (Å²) in [5.74, 6) is 0. The molecule has 0 aromatic rings. The fraction of sp³-hybridized carbons (Fsp3) is 1.00. The lowest BCUT2D eigenvalue weighted by molar-refractivity contribution is -0.373. The quantitative estimate of drug-likeness (QED) is 0.560. The molecule has 10 heavy (non-hydrogen) atoms. The largest absolute Gasteiger partial charge is 0.324 e. The molecule has 1 saturated heterocycles. The summed E-state index contributed by atoms with van der Waals surface area (Å²) < 4.78 is 15.7. The third-order valence-corrected chi connectivity index (χ3v) is 1.40. The van der Waals surface area contributed by atoms with Crippen LogP contribution in [0.1, 0.15) is 27.2 Å². The van der Waals surface area contributed by atoms with Crippen LogP contribution >= 0.6 is 0 Å². The van der Waals surface area contributed by atoms with Crippen LogP contribution in [0.2, 0.25) is 0 Å². The van der Waals surface area contributed by atoms with Gasteiger partial charge in [0.05, 0.1) is 0 Å². The van der Waals surface area contributed by atoms with Gasteiger partial charge in [0, 0.05) is 0 Å². The first-order valence-corrected chi connectivity index (χ1v) is 3.68. The SMILES string of the molecule is CCC1O[C@@H](C)O[C@H](C)O1. The molecule has 1 heterocycles. The van der Waals surface area contributed by atoms with Crippen molar-refractivity contribution in [3.8, 4) is 0 Å². The van der Waals surface area contributed by atoms with Crippen molar-refractivity contribution < 1.29 is 14.2 Å². The Bertz CT molecular complexity index is 95.0. The van der Waals surface area contributed by atoms with E-state index in [1.165, 1.54) is 0 Å². The third-order valence-electron chi connectivity index (χ3n) is 1.40. The Kier molecular flexibility index (Phi) is 2.65. The minimum Gasteiger partial charge on any atom is -0.324 e. The van der Waals surface area contributed by atoms with Crippen molar-refractivity contribution in [3.63, 3.8) is 0 Å². The van der Waals surface area contributed by atoms with Crippen LogP contribution in [0.25, 0.3) is 0 Å². The molecule has 0 bridgehead atoms. The zero-order chi connectivity index (χ0) is 7.56. The van der Waals surface area contributed by atoms with E-state index in [0.717, 1.165) is 6.42 Å². The molecule has 1 aliphatic rings. The first kappa shape index (κ1) is 7.98. The molecule has 3 nitrogen and oxygen atoms in total. The molecule has 60 valence electrons. The predicted molar refractivity (Wildman–Crippen MR) is 36.3 cm³/mol. The second kappa shape index (κ2) is 3.32. The highest BCUT2D eigenvalue weighted by atomic mass is 16.9. The molecule has 1 aliphatic heterocycles. The Morgan fingerprint density at radius 2 is 1.50 bits per heavy atom. The molecule has 0 unspecified atom stereocenters. The van der Waals surface area contributed by atoms with Crippen LogP contribution in [-0.2, 0) is 14.2 Å². The van der Waals surface area contributed by atoms with Gasteiger partial charge in [0.25, 0.3) is 0 Å². The molecule has 0 amide bonds. The van der Waals surface area contributed by atoms with Crippen molar-refractivity contribution in [3.05, 3.63) is 0 Å². The Labute approximate surface area is 61.3 Å². The summed E-state index contributed by atoms with van der Waals surface area (Å²) in [5.41, 5.74) is 0.